The zero-order chi connectivity index (χ0) is 26.8. The van der Waals surface area contributed by atoms with Crippen LogP contribution in [-0.2, 0) is 4.79 Å². The summed E-state index contributed by atoms with van der Waals surface area (Å²) < 4.78 is 2.31. The summed E-state index contributed by atoms with van der Waals surface area (Å²) >= 11 is 5.84. The van der Waals surface area contributed by atoms with Crippen molar-refractivity contribution in [2.75, 3.05) is 11.9 Å². The number of anilines is 1. The van der Waals surface area contributed by atoms with Crippen molar-refractivity contribution in [3.63, 3.8) is 0 Å². The van der Waals surface area contributed by atoms with E-state index in [4.69, 9.17) is 12.2 Å². The van der Waals surface area contributed by atoms with Crippen molar-refractivity contribution in [3.05, 3.63) is 113 Å². The Balaban J connectivity index is 1.47. The van der Waals surface area contributed by atoms with Crippen molar-refractivity contribution in [1.82, 2.24) is 19.8 Å². The van der Waals surface area contributed by atoms with E-state index in [-0.39, 0.29) is 18.0 Å². The Hall–Kier alpha value is -3.97. The summed E-state index contributed by atoms with van der Waals surface area (Å²) in [6, 6.07) is 24.2. The highest BCUT2D eigenvalue weighted by atomic mass is 32.1. The summed E-state index contributed by atoms with van der Waals surface area (Å²) in [5, 5.41) is 7.16. The summed E-state index contributed by atoms with van der Waals surface area (Å²) in [6.07, 6.45) is 2.13. The van der Waals surface area contributed by atoms with Crippen LogP contribution in [-0.4, -0.2) is 32.0 Å². The zero-order valence-corrected chi connectivity index (χ0v) is 23.0. The average Bonchev–Trinajstić information content (AvgIpc) is 3.39. The minimum atomic E-state index is -0.130. The van der Waals surface area contributed by atoms with E-state index in [1.807, 2.05) is 55.6 Å². The van der Waals surface area contributed by atoms with Gasteiger partial charge < -0.3 is 20.1 Å². The number of thiocarbonyl (C=S) groups is 1. The Kier molecular flexibility index (Phi) is 7.29. The number of nitrogens with zero attached hydrogens (tertiary/aromatic N) is 3. The molecule has 1 aliphatic heterocycles. The van der Waals surface area contributed by atoms with E-state index in [1.54, 1.807) is 0 Å². The van der Waals surface area contributed by atoms with Crippen molar-refractivity contribution in [2.24, 2.45) is 0 Å². The van der Waals surface area contributed by atoms with Crippen LogP contribution in [0.5, 0.6) is 0 Å². The van der Waals surface area contributed by atoms with Gasteiger partial charge in [0, 0.05) is 41.9 Å². The molecule has 2 N–H and O–H groups in total. The maximum absolute atomic E-state index is 12.9. The predicted octanol–water partition coefficient (Wildman–Crippen LogP) is 6.11. The molecule has 194 valence electrons. The predicted molar refractivity (Wildman–Crippen MR) is 157 cm³/mol. The second kappa shape index (κ2) is 10.8. The molecule has 5 rings (SSSR count). The molecule has 4 aromatic rings. The van der Waals surface area contributed by atoms with Gasteiger partial charge in [0.25, 0.3) is 0 Å². The molecule has 0 radical (unpaired) electrons. The number of para-hydroxylation sites is 1. The van der Waals surface area contributed by atoms with Gasteiger partial charge in [-0.1, -0.05) is 42.0 Å². The smallest absolute Gasteiger partial charge is 0.226 e. The average molecular weight is 524 g/mol. The molecule has 2 atom stereocenters. The summed E-state index contributed by atoms with van der Waals surface area (Å²) in [4.78, 5) is 19.7. The van der Waals surface area contributed by atoms with Crippen LogP contribution in [0.15, 0.2) is 79.0 Å². The highest BCUT2D eigenvalue weighted by Gasteiger charge is 2.41. The van der Waals surface area contributed by atoms with E-state index < -0.39 is 0 Å². The van der Waals surface area contributed by atoms with Crippen LogP contribution in [0.1, 0.15) is 52.3 Å². The fraction of sp³-hybridized carbons (Fsp3) is 0.258. The number of aryl methyl sites for hydroxylation is 3. The monoisotopic (exact) mass is 523 g/mol. The Morgan fingerprint density at radius 2 is 1.74 bits per heavy atom. The second-order valence-corrected chi connectivity index (χ2v) is 10.3. The maximum atomic E-state index is 12.9. The molecule has 1 fully saturated rings. The van der Waals surface area contributed by atoms with Gasteiger partial charge in [0.05, 0.1) is 17.8 Å². The standard InChI is InChI=1S/C31H33N5OS/c1-20-12-14-24(15-13-20)33-28(37)16-18-35-30(29(34-31(35)38)26-10-7-8-17-32-26)25-19-22(3)36(23(25)4)27-11-6-5-9-21(27)2/h5-15,17,19,29-30H,16,18H2,1-4H3,(H,33,37)(H,34,38). The number of nitrogens with one attached hydrogen (secondary N) is 2. The lowest BCUT2D eigenvalue weighted by molar-refractivity contribution is -0.116. The highest BCUT2D eigenvalue weighted by Crippen LogP contribution is 2.41. The molecule has 0 spiro atoms. The van der Waals surface area contributed by atoms with E-state index >= 15 is 0 Å². The van der Waals surface area contributed by atoms with Crippen molar-refractivity contribution in [2.45, 2.75) is 46.2 Å². The lowest BCUT2D eigenvalue weighted by atomic mass is 9.96. The SMILES string of the molecule is Cc1ccc(NC(=O)CCN2C(=S)NC(c3ccccn3)C2c2cc(C)n(-c3ccccc3C)c2C)cc1. The van der Waals surface area contributed by atoms with Crippen LogP contribution in [0.3, 0.4) is 0 Å². The summed E-state index contributed by atoms with van der Waals surface area (Å²) in [5.41, 5.74) is 8.74. The van der Waals surface area contributed by atoms with Crippen molar-refractivity contribution in [1.29, 1.82) is 0 Å². The lowest BCUT2D eigenvalue weighted by Crippen LogP contribution is -2.32. The van der Waals surface area contributed by atoms with Gasteiger partial charge in [-0.3, -0.25) is 9.78 Å². The molecule has 0 bridgehead atoms. The van der Waals surface area contributed by atoms with Gasteiger partial charge in [-0.15, -0.1) is 0 Å². The number of hydrogen-bond acceptors (Lipinski definition) is 3. The van der Waals surface area contributed by atoms with E-state index in [1.165, 1.54) is 16.8 Å². The second-order valence-electron chi connectivity index (χ2n) is 9.93. The first kappa shape index (κ1) is 25.7. The van der Waals surface area contributed by atoms with E-state index in [0.29, 0.717) is 18.1 Å². The van der Waals surface area contributed by atoms with Crippen LogP contribution in [0, 0.1) is 27.7 Å². The molecule has 0 aliphatic carbocycles. The van der Waals surface area contributed by atoms with E-state index in [2.05, 4.69) is 76.2 Å². The topological polar surface area (TPSA) is 62.2 Å². The molecule has 2 aromatic heterocycles. The number of rotatable bonds is 7. The first-order chi connectivity index (χ1) is 18.3. The summed E-state index contributed by atoms with van der Waals surface area (Å²) in [6.45, 7) is 8.95. The molecule has 1 amide bonds. The third-order valence-electron chi connectivity index (χ3n) is 7.26. The number of hydrogen-bond donors (Lipinski definition) is 2. The molecule has 2 unspecified atom stereocenters. The quantitative estimate of drug-likeness (QED) is 0.286. The van der Waals surface area contributed by atoms with Gasteiger partial charge in [0.15, 0.2) is 5.11 Å². The van der Waals surface area contributed by atoms with Crippen molar-refractivity contribution >= 4 is 28.9 Å². The largest absolute Gasteiger partial charge is 0.352 e. The van der Waals surface area contributed by atoms with Gasteiger partial charge in [-0.05, 0) is 87.4 Å². The molecule has 1 aliphatic rings. The minimum absolute atomic E-state index is 0.0397. The van der Waals surface area contributed by atoms with E-state index in [9.17, 15) is 4.79 Å². The van der Waals surface area contributed by atoms with Gasteiger partial charge in [0.2, 0.25) is 5.91 Å². The van der Waals surface area contributed by atoms with Crippen LogP contribution < -0.4 is 10.6 Å². The number of carbonyl (C=O) groups is 1. The van der Waals surface area contributed by atoms with Crippen molar-refractivity contribution in [3.8, 4) is 5.69 Å². The molecular weight excluding hydrogens is 490 g/mol. The van der Waals surface area contributed by atoms with Gasteiger partial charge in [0.1, 0.15) is 0 Å². The van der Waals surface area contributed by atoms with Crippen LogP contribution in [0.2, 0.25) is 0 Å². The number of aromatic nitrogens is 2. The maximum Gasteiger partial charge on any atom is 0.226 e. The molecule has 3 heterocycles. The fourth-order valence-electron chi connectivity index (χ4n) is 5.34. The normalized spacial score (nSPS) is 16.9. The number of carbonyl (C=O) groups excluding carboxylic acids is 1. The fourth-order valence-corrected chi connectivity index (χ4v) is 5.67. The molecule has 6 nitrogen and oxygen atoms in total. The van der Waals surface area contributed by atoms with E-state index in [0.717, 1.165) is 28.3 Å². The zero-order valence-electron chi connectivity index (χ0n) is 22.2. The Morgan fingerprint density at radius 3 is 2.45 bits per heavy atom. The number of amides is 1. The third-order valence-corrected chi connectivity index (χ3v) is 7.61. The molecule has 2 aromatic carbocycles. The number of pyridine rings is 1. The lowest BCUT2D eigenvalue weighted by Gasteiger charge is -2.28. The van der Waals surface area contributed by atoms with Gasteiger partial charge in [-0.2, -0.15) is 0 Å². The molecule has 38 heavy (non-hydrogen) atoms. The highest BCUT2D eigenvalue weighted by molar-refractivity contribution is 7.80. The van der Waals surface area contributed by atoms with Crippen molar-refractivity contribution < 1.29 is 4.79 Å². The third kappa shape index (κ3) is 5.07. The molecule has 1 saturated heterocycles. The Bertz CT molecular complexity index is 1460. The van der Waals surface area contributed by atoms with Gasteiger partial charge >= 0.3 is 0 Å². The molecular formula is C31H33N5OS. The molecule has 0 saturated carbocycles. The van der Waals surface area contributed by atoms with Gasteiger partial charge in [-0.25, -0.2) is 0 Å². The molecule has 7 heteroatoms. The van der Waals surface area contributed by atoms with Crippen LogP contribution in [0.4, 0.5) is 5.69 Å². The van der Waals surface area contributed by atoms with Crippen LogP contribution >= 0.6 is 12.2 Å². The number of benzene rings is 2. The minimum Gasteiger partial charge on any atom is -0.352 e. The first-order valence-electron chi connectivity index (χ1n) is 12.9. The van der Waals surface area contributed by atoms with Crippen LogP contribution in [0.25, 0.3) is 5.69 Å². The Labute approximate surface area is 229 Å². The first-order valence-corrected chi connectivity index (χ1v) is 13.3. The Morgan fingerprint density at radius 1 is 1.00 bits per heavy atom. The summed E-state index contributed by atoms with van der Waals surface area (Å²) in [7, 11) is 0. The summed E-state index contributed by atoms with van der Waals surface area (Å²) in [5.74, 6) is -0.0397.